The molecule has 1 aliphatic heterocycles. The largest absolute Gasteiger partial charge is 0.357 e. The molecular formula is C18H36IN3OS2. The smallest absolute Gasteiger partial charge is 0.194 e. The van der Waals surface area contributed by atoms with Gasteiger partial charge in [-0.25, -0.2) is 0 Å². The average Bonchev–Trinajstić information content (AvgIpc) is 2.54. The molecule has 0 bridgehead atoms. The third kappa shape index (κ3) is 7.20. The van der Waals surface area contributed by atoms with Gasteiger partial charge < -0.3 is 10.2 Å². The third-order valence-corrected chi connectivity index (χ3v) is 8.32. The number of rotatable bonds is 4. The monoisotopic (exact) mass is 501 g/mol. The molecule has 1 saturated carbocycles. The summed E-state index contributed by atoms with van der Waals surface area (Å²) >= 11 is 2.18. The highest BCUT2D eigenvalue weighted by Gasteiger charge is 2.38. The fourth-order valence-corrected chi connectivity index (χ4v) is 5.93. The summed E-state index contributed by atoms with van der Waals surface area (Å²) in [4.78, 5) is 7.25. The summed E-state index contributed by atoms with van der Waals surface area (Å²) < 4.78 is 12.5. The Kier molecular flexibility index (Phi) is 10.1. The number of hydrogen-bond donors (Lipinski definition) is 1. The normalized spacial score (nSPS) is 22.4. The fraction of sp³-hybridized carbons (Fsp3) is 0.944. The Morgan fingerprint density at radius 2 is 1.96 bits per heavy atom. The van der Waals surface area contributed by atoms with E-state index >= 15 is 0 Å². The first-order chi connectivity index (χ1) is 11.4. The van der Waals surface area contributed by atoms with Crippen molar-refractivity contribution < 1.29 is 4.21 Å². The highest BCUT2D eigenvalue weighted by atomic mass is 127. The lowest BCUT2D eigenvalue weighted by molar-refractivity contribution is 0.293. The van der Waals surface area contributed by atoms with Crippen molar-refractivity contribution in [2.45, 2.75) is 69.3 Å². The van der Waals surface area contributed by atoms with Gasteiger partial charge >= 0.3 is 0 Å². The van der Waals surface area contributed by atoms with Gasteiger partial charge in [0.15, 0.2) is 5.96 Å². The van der Waals surface area contributed by atoms with Gasteiger partial charge in [-0.3, -0.25) is 9.20 Å². The van der Waals surface area contributed by atoms with Crippen molar-refractivity contribution in [1.82, 2.24) is 10.2 Å². The van der Waals surface area contributed by atoms with E-state index in [0.717, 1.165) is 25.6 Å². The van der Waals surface area contributed by atoms with E-state index in [0.29, 0.717) is 17.0 Å². The highest BCUT2D eigenvalue weighted by Crippen LogP contribution is 2.42. The molecule has 1 saturated heterocycles. The maximum Gasteiger partial charge on any atom is 0.194 e. The molecule has 1 atom stereocenters. The van der Waals surface area contributed by atoms with Crippen molar-refractivity contribution in [3.8, 4) is 0 Å². The van der Waals surface area contributed by atoms with Gasteiger partial charge in [-0.1, -0.05) is 19.3 Å². The second kappa shape index (κ2) is 10.7. The number of halogens is 1. The summed E-state index contributed by atoms with van der Waals surface area (Å²) in [6.07, 6.45) is 6.84. The van der Waals surface area contributed by atoms with E-state index in [1.807, 2.05) is 20.8 Å². The van der Waals surface area contributed by atoms with Gasteiger partial charge in [-0.15, -0.1) is 24.0 Å². The number of aliphatic imine (C=N–C) groups is 1. The van der Waals surface area contributed by atoms with Crippen LogP contribution < -0.4 is 5.32 Å². The van der Waals surface area contributed by atoms with E-state index in [2.05, 4.69) is 28.9 Å². The molecule has 0 aromatic heterocycles. The topological polar surface area (TPSA) is 44.7 Å². The number of hydrogen-bond acceptors (Lipinski definition) is 3. The van der Waals surface area contributed by atoms with Gasteiger partial charge in [0.1, 0.15) is 0 Å². The molecule has 0 radical (unpaired) electrons. The van der Waals surface area contributed by atoms with Crippen LogP contribution in [0.5, 0.6) is 0 Å². The first-order valence-electron chi connectivity index (χ1n) is 9.42. The molecular weight excluding hydrogens is 465 g/mol. The van der Waals surface area contributed by atoms with E-state index in [4.69, 9.17) is 4.99 Å². The molecule has 2 rings (SSSR count). The van der Waals surface area contributed by atoms with Crippen molar-refractivity contribution >= 4 is 52.5 Å². The molecule has 7 heteroatoms. The van der Waals surface area contributed by atoms with Gasteiger partial charge in [-0.2, -0.15) is 11.8 Å². The van der Waals surface area contributed by atoms with Gasteiger partial charge in [0.2, 0.25) is 0 Å². The van der Waals surface area contributed by atoms with E-state index in [-0.39, 0.29) is 28.7 Å². The van der Waals surface area contributed by atoms with Crippen LogP contribution in [0.25, 0.3) is 0 Å². The Balaban J connectivity index is 0.00000312. The van der Waals surface area contributed by atoms with Crippen LogP contribution in [0.3, 0.4) is 0 Å². The Hall–Kier alpha value is 0.500. The average molecular weight is 502 g/mol. The van der Waals surface area contributed by atoms with Gasteiger partial charge in [0.05, 0.1) is 6.54 Å². The van der Waals surface area contributed by atoms with Gasteiger partial charge in [0, 0.05) is 51.4 Å². The Morgan fingerprint density at radius 3 is 2.56 bits per heavy atom. The van der Waals surface area contributed by atoms with E-state index in [1.54, 1.807) is 0 Å². The molecule has 0 amide bonds. The zero-order chi connectivity index (χ0) is 17.6. The Morgan fingerprint density at radius 1 is 1.28 bits per heavy atom. The van der Waals surface area contributed by atoms with Crippen LogP contribution in [0.1, 0.15) is 59.8 Å². The zero-order valence-electron chi connectivity index (χ0n) is 16.3. The second-order valence-corrected chi connectivity index (χ2v) is 11.8. The van der Waals surface area contributed by atoms with Crippen LogP contribution >= 0.6 is 35.7 Å². The second-order valence-electron chi connectivity index (χ2n) is 7.91. The minimum Gasteiger partial charge on any atom is -0.357 e. The molecule has 0 aromatic rings. The van der Waals surface area contributed by atoms with Crippen LogP contribution in [0.2, 0.25) is 0 Å². The van der Waals surface area contributed by atoms with E-state index in [9.17, 15) is 4.21 Å². The van der Waals surface area contributed by atoms with Crippen LogP contribution in [-0.2, 0) is 10.8 Å². The maximum absolute atomic E-state index is 12.2. The van der Waals surface area contributed by atoms with Crippen molar-refractivity contribution in [3.63, 3.8) is 0 Å². The molecule has 1 aliphatic carbocycles. The molecule has 148 valence electrons. The number of nitrogens with zero attached hydrogens (tertiary/aromatic N) is 2. The lowest BCUT2D eigenvalue weighted by Crippen LogP contribution is -2.53. The highest BCUT2D eigenvalue weighted by molar-refractivity contribution is 14.0. The standard InChI is InChI=1S/C18H35N3OS2.HI/c1-5-19-16(20-11-14-24(22)17(2,3)4)21-12-13-23-18(15-21)9-7-6-8-10-18;/h5-15H2,1-4H3,(H,19,20);1H. The van der Waals surface area contributed by atoms with Crippen LogP contribution in [-0.4, -0.2) is 62.2 Å². The summed E-state index contributed by atoms with van der Waals surface area (Å²) in [7, 11) is -0.831. The lowest BCUT2D eigenvalue weighted by atomic mass is 9.87. The fourth-order valence-electron chi connectivity index (χ4n) is 3.49. The molecule has 2 fully saturated rings. The number of thioether (sulfide) groups is 1. The molecule has 1 N–H and O–H groups in total. The molecule has 1 heterocycles. The summed E-state index contributed by atoms with van der Waals surface area (Å²) in [5.74, 6) is 2.86. The quantitative estimate of drug-likeness (QED) is 0.361. The maximum atomic E-state index is 12.2. The van der Waals surface area contributed by atoms with Crippen LogP contribution in [0, 0.1) is 0 Å². The summed E-state index contributed by atoms with van der Waals surface area (Å²) in [6, 6.07) is 0. The molecule has 1 spiro atoms. The van der Waals surface area contributed by atoms with E-state index < -0.39 is 10.8 Å². The minimum atomic E-state index is -0.831. The SMILES string of the molecule is CCNC(=NCCS(=O)C(C)(C)C)N1CCSC2(CCCCC2)C1.I. The Labute approximate surface area is 178 Å². The number of guanidine groups is 1. The molecule has 0 aromatic carbocycles. The number of nitrogens with one attached hydrogen (secondary N) is 1. The summed E-state index contributed by atoms with van der Waals surface area (Å²) in [6.45, 7) is 11.9. The van der Waals surface area contributed by atoms with Crippen LogP contribution in [0.15, 0.2) is 4.99 Å². The van der Waals surface area contributed by atoms with Crippen molar-refractivity contribution in [3.05, 3.63) is 0 Å². The molecule has 1 unspecified atom stereocenters. The van der Waals surface area contributed by atoms with Gasteiger partial charge in [-0.05, 0) is 40.5 Å². The minimum absolute atomic E-state index is 0. The van der Waals surface area contributed by atoms with Crippen molar-refractivity contribution in [1.29, 1.82) is 0 Å². The molecule has 25 heavy (non-hydrogen) atoms. The van der Waals surface area contributed by atoms with Crippen molar-refractivity contribution in [2.75, 3.05) is 37.7 Å². The lowest BCUT2D eigenvalue weighted by Gasteiger charge is -2.45. The summed E-state index contributed by atoms with van der Waals surface area (Å²) in [5.41, 5.74) is 0. The van der Waals surface area contributed by atoms with Crippen LogP contribution in [0.4, 0.5) is 0 Å². The molecule has 4 nitrogen and oxygen atoms in total. The predicted octanol–water partition coefficient (Wildman–Crippen LogP) is 3.87. The molecule has 2 aliphatic rings. The third-order valence-electron chi connectivity index (χ3n) is 4.87. The predicted molar refractivity (Wildman–Crippen MR) is 124 cm³/mol. The first-order valence-corrected chi connectivity index (χ1v) is 11.7. The zero-order valence-corrected chi connectivity index (χ0v) is 20.3. The Bertz CT molecular complexity index is 454. The van der Waals surface area contributed by atoms with Crippen molar-refractivity contribution in [2.24, 2.45) is 4.99 Å². The van der Waals surface area contributed by atoms with Gasteiger partial charge in [0.25, 0.3) is 0 Å². The van der Waals surface area contributed by atoms with E-state index in [1.165, 1.54) is 37.9 Å². The first kappa shape index (κ1) is 23.5. The summed E-state index contributed by atoms with van der Waals surface area (Å²) in [5, 5.41) is 3.45.